The summed E-state index contributed by atoms with van der Waals surface area (Å²) in [6, 6.07) is 14.8. The predicted molar refractivity (Wildman–Crippen MR) is 145 cm³/mol. The summed E-state index contributed by atoms with van der Waals surface area (Å²) in [5, 5.41) is 50.9. The summed E-state index contributed by atoms with van der Waals surface area (Å²) in [4.78, 5) is 0. The zero-order valence-electron chi connectivity index (χ0n) is 22.7. The van der Waals surface area contributed by atoms with E-state index in [-0.39, 0.29) is 41.8 Å². The van der Waals surface area contributed by atoms with E-state index in [1.165, 1.54) is 39.5 Å². The summed E-state index contributed by atoms with van der Waals surface area (Å²) in [5.41, 5.74) is 2.15. The van der Waals surface area contributed by atoms with E-state index in [9.17, 15) is 25.5 Å². The number of hydrogen-bond acceptors (Lipinski definition) is 10. The largest absolute Gasteiger partial charge is 0.504 e. The monoisotopic (exact) mass is 556 g/mol. The van der Waals surface area contributed by atoms with E-state index < -0.39 is 18.8 Å². The summed E-state index contributed by atoms with van der Waals surface area (Å²) in [6.45, 7) is -0.133. The molecular formula is C30H36O10. The zero-order valence-corrected chi connectivity index (χ0v) is 22.7. The SMILES string of the molecule is COc1cc(C[C@H]2CO[C@H](c3ccc(O[C@@H](CO)[C@@H](O)c4ccc(O)c(OC)c4)c(OC)c3)[C@H]2CO)ccc1O. The minimum atomic E-state index is -1.22. The standard InChI is InChI=1S/C30H36O10/c1-36-25-11-17(4-7-22(25)33)10-20-16-39-30(21(20)14-31)19-6-9-24(27(13-19)38-3)40-28(15-32)29(35)18-5-8-23(34)26(12-18)37-2/h4-9,11-13,20-21,28-35H,10,14-16H2,1-3H3/t20-,21-,28-,29-,30+/m0/s1. The number of phenolic OH excluding ortho intramolecular Hbond substituents is 2. The minimum absolute atomic E-state index is 0.0300. The van der Waals surface area contributed by atoms with Gasteiger partial charge in [0, 0.05) is 12.5 Å². The maximum Gasteiger partial charge on any atom is 0.161 e. The topological polar surface area (TPSA) is 147 Å². The van der Waals surface area contributed by atoms with Gasteiger partial charge in [-0.3, -0.25) is 0 Å². The lowest BCUT2D eigenvalue weighted by Crippen LogP contribution is -2.29. The molecule has 0 aromatic heterocycles. The number of aliphatic hydroxyl groups excluding tert-OH is 3. The fraction of sp³-hybridized carbons (Fsp3) is 0.400. The van der Waals surface area contributed by atoms with Gasteiger partial charge in [-0.2, -0.15) is 0 Å². The highest BCUT2D eigenvalue weighted by molar-refractivity contribution is 5.46. The molecular weight excluding hydrogens is 520 g/mol. The number of phenols is 2. The molecule has 4 rings (SSSR count). The van der Waals surface area contributed by atoms with Gasteiger partial charge < -0.3 is 49.2 Å². The van der Waals surface area contributed by atoms with Gasteiger partial charge in [-0.15, -0.1) is 0 Å². The van der Waals surface area contributed by atoms with Crippen molar-refractivity contribution in [3.8, 4) is 34.5 Å². The van der Waals surface area contributed by atoms with Crippen LogP contribution in [0.2, 0.25) is 0 Å². The lowest BCUT2D eigenvalue weighted by Gasteiger charge is -2.25. The highest BCUT2D eigenvalue weighted by atomic mass is 16.5. The average Bonchev–Trinajstić information content (AvgIpc) is 3.38. The van der Waals surface area contributed by atoms with Crippen LogP contribution in [-0.2, 0) is 11.2 Å². The van der Waals surface area contributed by atoms with Crippen LogP contribution in [0.4, 0.5) is 0 Å². The van der Waals surface area contributed by atoms with Crippen LogP contribution in [-0.4, -0.2) is 72.8 Å². The van der Waals surface area contributed by atoms with Crippen LogP contribution in [0.25, 0.3) is 0 Å². The molecule has 5 atom stereocenters. The van der Waals surface area contributed by atoms with E-state index >= 15 is 0 Å². The number of rotatable bonds is 12. The summed E-state index contributed by atoms with van der Waals surface area (Å²) >= 11 is 0. The van der Waals surface area contributed by atoms with Crippen molar-refractivity contribution in [2.75, 3.05) is 41.2 Å². The summed E-state index contributed by atoms with van der Waals surface area (Å²) in [6.07, 6.45) is -2.01. The van der Waals surface area contributed by atoms with Crippen molar-refractivity contribution in [3.05, 3.63) is 71.3 Å². The molecule has 1 aliphatic rings. The first-order valence-electron chi connectivity index (χ1n) is 12.9. The van der Waals surface area contributed by atoms with Crippen molar-refractivity contribution in [2.24, 2.45) is 11.8 Å². The molecule has 0 spiro atoms. The van der Waals surface area contributed by atoms with E-state index in [0.29, 0.717) is 35.8 Å². The fourth-order valence-electron chi connectivity index (χ4n) is 5.09. The lowest BCUT2D eigenvalue weighted by molar-refractivity contribution is -0.000604. The normalized spacial score (nSPS) is 20.1. The first kappa shape index (κ1) is 29.3. The van der Waals surface area contributed by atoms with Crippen LogP contribution >= 0.6 is 0 Å². The highest BCUT2D eigenvalue weighted by Gasteiger charge is 2.38. The van der Waals surface area contributed by atoms with Gasteiger partial charge in [-0.25, -0.2) is 0 Å². The first-order valence-corrected chi connectivity index (χ1v) is 12.9. The van der Waals surface area contributed by atoms with Crippen molar-refractivity contribution in [2.45, 2.75) is 24.7 Å². The summed E-state index contributed by atoms with van der Waals surface area (Å²) in [7, 11) is 4.39. The highest BCUT2D eigenvalue weighted by Crippen LogP contribution is 2.43. The molecule has 1 heterocycles. The maximum atomic E-state index is 10.9. The van der Waals surface area contributed by atoms with Crippen LogP contribution in [0.5, 0.6) is 34.5 Å². The first-order chi connectivity index (χ1) is 19.3. The van der Waals surface area contributed by atoms with Gasteiger partial charge in [0.2, 0.25) is 0 Å². The number of hydrogen-bond donors (Lipinski definition) is 5. The number of methoxy groups -OCH3 is 3. The van der Waals surface area contributed by atoms with Crippen molar-refractivity contribution in [1.82, 2.24) is 0 Å². The Hall–Kier alpha value is -3.70. The molecule has 0 saturated carbocycles. The molecule has 5 N–H and O–H groups in total. The molecule has 0 bridgehead atoms. The van der Waals surface area contributed by atoms with Crippen LogP contribution in [0.3, 0.4) is 0 Å². The van der Waals surface area contributed by atoms with Gasteiger partial charge in [-0.1, -0.05) is 18.2 Å². The van der Waals surface area contributed by atoms with Crippen LogP contribution in [0.15, 0.2) is 54.6 Å². The van der Waals surface area contributed by atoms with E-state index in [1.54, 1.807) is 24.3 Å². The maximum absolute atomic E-state index is 10.9. The molecule has 1 fully saturated rings. The average molecular weight is 557 g/mol. The Bertz CT molecular complexity index is 1280. The Morgan fingerprint density at radius 3 is 2.15 bits per heavy atom. The molecule has 0 radical (unpaired) electrons. The molecule has 1 aliphatic heterocycles. The van der Waals surface area contributed by atoms with Gasteiger partial charge >= 0.3 is 0 Å². The third-order valence-corrected chi connectivity index (χ3v) is 7.31. The lowest BCUT2D eigenvalue weighted by atomic mass is 9.84. The Kier molecular flexibility index (Phi) is 9.59. The number of aliphatic hydroxyl groups is 3. The summed E-state index contributed by atoms with van der Waals surface area (Å²) in [5.74, 6) is 1.10. The Morgan fingerprint density at radius 1 is 0.825 bits per heavy atom. The molecule has 3 aromatic rings. The molecule has 10 nitrogen and oxygen atoms in total. The predicted octanol–water partition coefficient (Wildman–Crippen LogP) is 3.14. The van der Waals surface area contributed by atoms with E-state index in [0.717, 1.165) is 11.1 Å². The van der Waals surface area contributed by atoms with E-state index in [1.807, 2.05) is 12.1 Å². The van der Waals surface area contributed by atoms with Gasteiger partial charge in [0.1, 0.15) is 6.10 Å². The molecule has 216 valence electrons. The summed E-state index contributed by atoms with van der Waals surface area (Å²) < 4.78 is 28.0. The third kappa shape index (κ3) is 6.20. The number of aromatic hydroxyl groups is 2. The van der Waals surface area contributed by atoms with Crippen molar-refractivity contribution >= 4 is 0 Å². The Morgan fingerprint density at radius 2 is 1.50 bits per heavy atom. The van der Waals surface area contributed by atoms with Crippen molar-refractivity contribution < 1.29 is 49.2 Å². The van der Waals surface area contributed by atoms with Crippen LogP contribution in [0.1, 0.15) is 28.9 Å². The fourth-order valence-corrected chi connectivity index (χ4v) is 5.09. The zero-order chi connectivity index (χ0) is 28.8. The van der Waals surface area contributed by atoms with Crippen molar-refractivity contribution in [3.63, 3.8) is 0 Å². The Balaban J connectivity index is 1.50. The molecule has 0 amide bonds. The van der Waals surface area contributed by atoms with E-state index in [2.05, 4.69) is 0 Å². The number of ether oxygens (including phenoxy) is 5. The second-order valence-corrected chi connectivity index (χ2v) is 9.70. The molecule has 3 aromatic carbocycles. The van der Waals surface area contributed by atoms with Crippen LogP contribution in [0, 0.1) is 11.8 Å². The molecule has 40 heavy (non-hydrogen) atoms. The Labute approximate surface area is 232 Å². The van der Waals surface area contributed by atoms with E-state index in [4.69, 9.17) is 23.7 Å². The van der Waals surface area contributed by atoms with Gasteiger partial charge in [0.05, 0.1) is 40.6 Å². The smallest absolute Gasteiger partial charge is 0.161 e. The molecule has 10 heteroatoms. The third-order valence-electron chi connectivity index (χ3n) is 7.31. The second-order valence-electron chi connectivity index (χ2n) is 9.70. The quantitative estimate of drug-likeness (QED) is 0.225. The molecule has 0 unspecified atom stereocenters. The second kappa shape index (κ2) is 13.1. The van der Waals surface area contributed by atoms with Crippen LogP contribution < -0.4 is 18.9 Å². The van der Waals surface area contributed by atoms with Gasteiger partial charge in [0.25, 0.3) is 0 Å². The molecule has 1 saturated heterocycles. The van der Waals surface area contributed by atoms with Gasteiger partial charge in [0.15, 0.2) is 40.6 Å². The number of benzene rings is 3. The minimum Gasteiger partial charge on any atom is -0.504 e. The molecule has 0 aliphatic carbocycles. The van der Waals surface area contributed by atoms with Crippen molar-refractivity contribution in [1.29, 1.82) is 0 Å². The van der Waals surface area contributed by atoms with Gasteiger partial charge in [-0.05, 0) is 65.4 Å².